The number of unbranched alkanes of at least 4 members (excludes halogenated alkanes) is 4. The standard InChI is InChI=1S/C27H32F6.C2H6/c28-26(29,30)18-10-2-6-14-22-20-12-4-1-5-13-21(20)24-16-8-9-17-25(24)23(22)15-7-3-11-19-27(31,32)33;1-2/h4-5,8-9,12-13,16-17,22-23H,1-3,6-7,10-11,14-15,18-19H2;1-2H3. The van der Waals surface area contributed by atoms with E-state index in [4.69, 9.17) is 0 Å². The second-order valence-corrected chi connectivity index (χ2v) is 9.14. The molecule has 2 aliphatic rings. The molecule has 35 heavy (non-hydrogen) atoms. The number of halogens is 6. The summed E-state index contributed by atoms with van der Waals surface area (Å²) in [7, 11) is 0. The van der Waals surface area contributed by atoms with Crippen LogP contribution in [0.5, 0.6) is 0 Å². The van der Waals surface area contributed by atoms with Crippen molar-refractivity contribution in [2.24, 2.45) is 5.92 Å². The Morgan fingerprint density at radius 1 is 0.686 bits per heavy atom. The molecule has 0 N–H and O–H groups in total. The first-order chi connectivity index (χ1) is 16.7. The van der Waals surface area contributed by atoms with Crippen LogP contribution in [0.1, 0.15) is 102 Å². The lowest BCUT2D eigenvalue weighted by molar-refractivity contribution is -0.136. The summed E-state index contributed by atoms with van der Waals surface area (Å²) in [6, 6.07) is 8.21. The minimum atomic E-state index is -4.12. The van der Waals surface area contributed by atoms with E-state index in [9.17, 15) is 26.3 Å². The molecule has 3 rings (SSSR count). The minimum Gasteiger partial charge on any atom is -0.171 e. The molecular weight excluding hydrogens is 462 g/mol. The van der Waals surface area contributed by atoms with E-state index in [-0.39, 0.29) is 24.7 Å². The summed E-state index contributed by atoms with van der Waals surface area (Å²) in [5.41, 5.74) is 4.78. The van der Waals surface area contributed by atoms with Crippen LogP contribution in [0.25, 0.3) is 5.57 Å². The molecule has 2 unspecified atom stereocenters. The fourth-order valence-electron chi connectivity index (χ4n) is 5.16. The molecule has 0 spiro atoms. The zero-order chi connectivity index (χ0) is 25.9. The van der Waals surface area contributed by atoms with E-state index >= 15 is 0 Å². The van der Waals surface area contributed by atoms with E-state index in [1.807, 2.05) is 26.0 Å². The molecule has 0 radical (unpaired) electrons. The maximum atomic E-state index is 12.5. The normalized spacial score (nSPS) is 19.5. The number of allylic oxidation sites excluding steroid dienone is 6. The van der Waals surface area contributed by atoms with E-state index in [2.05, 4.69) is 36.4 Å². The van der Waals surface area contributed by atoms with Gasteiger partial charge in [0.05, 0.1) is 0 Å². The summed E-state index contributed by atoms with van der Waals surface area (Å²) >= 11 is 0. The van der Waals surface area contributed by atoms with Gasteiger partial charge >= 0.3 is 12.4 Å². The van der Waals surface area contributed by atoms with Crippen molar-refractivity contribution in [2.45, 2.75) is 103 Å². The van der Waals surface area contributed by atoms with Crippen LogP contribution < -0.4 is 0 Å². The molecule has 0 saturated carbocycles. The molecule has 0 nitrogen and oxygen atoms in total. The van der Waals surface area contributed by atoms with Crippen LogP contribution in [0, 0.1) is 5.92 Å². The zero-order valence-electron chi connectivity index (χ0n) is 20.8. The first-order valence-corrected chi connectivity index (χ1v) is 13.0. The van der Waals surface area contributed by atoms with Crippen molar-refractivity contribution in [3.63, 3.8) is 0 Å². The molecule has 2 aliphatic carbocycles. The second-order valence-electron chi connectivity index (χ2n) is 9.14. The van der Waals surface area contributed by atoms with E-state index in [0.29, 0.717) is 25.7 Å². The van der Waals surface area contributed by atoms with Crippen LogP contribution in [0.4, 0.5) is 26.3 Å². The number of alkyl halides is 6. The molecule has 0 amide bonds. The molecular formula is C29H38F6. The SMILES string of the molecule is CC.FC(F)(F)CCCCCC1C2=C(C=CCC=C2)c2ccccc2C1CCCCCC(F)(F)F. The summed E-state index contributed by atoms with van der Waals surface area (Å²) in [4.78, 5) is 0. The van der Waals surface area contributed by atoms with Crippen LogP contribution in [-0.2, 0) is 0 Å². The van der Waals surface area contributed by atoms with E-state index in [0.717, 1.165) is 19.3 Å². The molecule has 0 fully saturated rings. The van der Waals surface area contributed by atoms with E-state index in [1.165, 1.54) is 22.3 Å². The maximum absolute atomic E-state index is 12.5. The average molecular weight is 501 g/mol. The van der Waals surface area contributed by atoms with Gasteiger partial charge in [-0.15, -0.1) is 0 Å². The Kier molecular flexibility index (Phi) is 11.6. The quantitative estimate of drug-likeness (QED) is 0.221. The van der Waals surface area contributed by atoms with Gasteiger partial charge in [0.2, 0.25) is 0 Å². The van der Waals surface area contributed by atoms with Gasteiger partial charge in [0, 0.05) is 12.8 Å². The minimum absolute atomic E-state index is 0.135. The summed E-state index contributed by atoms with van der Waals surface area (Å²) < 4.78 is 75.1. The van der Waals surface area contributed by atoms with Crippen LogP contribution in [-0.4, -0.2) is 12.4 Å². The van der Waals surface area contributed by atoms with Gasteiger partial charge < -0.3 is 0 Å². The highest BCUT2D eigenvalue weighted by atomic mass is 19.4. The summed E-state index contributed by atoms with van der Waals surface area (Å²) in [6.07, 6.45) is 3.94. The van der Waals surface area contributed by atoms with Crippen LogP contribution in [0.2, 0.25) is 0 Å². The number of hydrogen-bond donors (Lipinski definition) is 0. The summed E-state index contributed by atoms with van der Waals surface area (Å²) in [6.45, 7) is 4.00. The highest BCUT2D eigenvalue weighted by molar-refractivity contribution is 5.83. The number of rotatable bonds is 10. The van der Waals surface area contributed by atoms with Gasteiger partial charge in [-0.3, -0.25) is 0 Å². The number of fused-ring (bicyclic) bond motifs is 2. The first-order valence-electron chi connectivity index (χ1n) is 13.0. The Bertz CT molecular complexity index is 857. The average Bonchev–Trinajstić information content (AvgIpc) is 3.06. The van der Waals surface area contributed by atoms with E-state index in [1.54, 1.807) is 0 Å². The van der Waals surface area contributed by atoms with Gasteiger partial charge in [-0.1, -0.05) is 88.1 Å². The Hall–Kier alpha value is -1.98. The molecule has 0 aromatic heterocycles. The van der Waals surface area contributed by atoms with Crippen molar-refractivity contribution in [1.29, 1.82) is 0 Å². The van der Waals surface area contributed by atoms with Crippen molar-refractivity contribution in [3.8, 4) is 0 Å². The van der Waals surface area contributed by atoms with Crippen LogP contribution >= 0.6 is 0 Å². The van der Waals surface area contributed by atoms with Crippen molar-refractivity contribution >= 4 is 5.57 Å². The molecule has 2 atom stereocenters. The Morgan fingerprint density at radius 3 is 1.83 bits per heavy atom. The maximum Gasteiger partial charge on any atom is 0.389 e. The molecule has 0 aliphatic heterocycles. The second kappa shape index (κ2) is 13.9. The zero-order valence-corrected chi connectivity index (χ0v) is 20.8. The monoisotopic (exact) mass is 500 g/mol. The molecule has 0 bridgehead atoms. The Morgan fingerprint density at radius 2 is 1.23 bits per heavy atom. The lowest BCUT2D eigenvalue weighted by atomic mass is 9.68. The van der Waals surface area contributed by atoms with Gasteiger partial charge in [-0.2, -0.15) is 26.3 Å². The third kappa shape index (κ3) is 9.53. The lowest BCUT2D eigenvalue weighted by Gasteiger charge is -2.36. The largest absolute Gasteiger partial charge is 0.389 e. The van der Waals surface area contributed by atoms with Crippen molar-refractivity contribution in [1.82, 2.24) is 0 Å². The van der Waals surface area contributed by atoms with Gasteiger partial charge in [0.1, 0.15) is 0 Å². The summed E-state index contributed by atoms with van der Waals surface area (Å²) in [5.74, 6) is 0.340. The van der Waals surface area contributed by atoms with Gasteiger partial charge in [-0.25, -0.2) is 0 Å². The highest BCUT2D eigenvalue weighted by Gasteiger charge is 2.34. The van der Waals surface area contributed by atoms with Gasteiger partial charge in [0.15, 0.2) is 0 Å². The number of benzene rings is 1. The predicted octanol–water partition coefficient (Wildman–Crippen LogP) is 10.7. The van der Waals surface area contributed by atoms with Crippen molar-refractivity contribution in [3.05, 3.63) is 65.3 Å². The molecule has 6 heteroatoms. The van der Waals surface area contributed by atoms with E-state index < -0.39 is 25.2 Å². The van der Waals surface area contributed by atoms with Gasteiger partial charge in [0.25, 0.3) is 0 Å². The first kappa shape index (κ1) is 29.3. The fourth-order valence-corrected chi connectivity index (χ4v) is 5.16. The third-order valence-electron chi connectivity index (χ3n) is 6.65. The molecule has 0 saturated heterocycles. The molecule has 1 aromatic rings. The van der Waals surface area contributed by atoms with Crippen LogP contribution in [0.3, 0.4) is 0 Å². The van der Waals surface area contributed by atoms with Gasteiger partial charge in [-0.05, 0) is 66.2 Å². The Balaban J connectivity index is 0.00000210. The predicted molar refractivity (Wildman–Crippen MR) is 132 cm³/mol. The molecule has 1 aromatic carbocycles. The highest BCUT2D eigenvalue weighted by Crippen LogP contribution is 2.48. The Labute approximate surface area is 206 Å². The van der Waals surface area contributed by atoms with Crippen molar-refractivity contribution in [2.75, 3.05) is 0 Å². The topological polar surface area (TPSA) is 0 Å². The van der Waals surface area contributed by atoms with Crippen LogP contribution in [0.15, 0.2) is 54.1 Å². The summed E-state index contributed by atoms with van der Waals surface area (Å²) in [5, 5.41) is 0. The lowest BCUT2D eigenvalue weighted by Crippen LogP contribution is -2.22. The number of hydrogen-bond acceptors (Lipinski definition) is 0. The fraction of sp³-hybridized carbons (Fsp3) is 0.586. The van der Waals surface area contributed by atoms with Crippen molar-refractivity contribution < 1.29 is 26.3 Å². The molecule has 0 heterocycles. The smallest absolute Gasteiger partial charge is 0.171 e. The molecule has 196 valence electrons. The third-order valence-corrected chi connectivity index (χ3v) is 6.65.